The Morgan fingerprint density at radius 2 is 2.14 bits per heavy atom. The van der Waals surface area contributed by atoms with E-state index in [4.69, 9.17) is 0 Å². The summed E-state index contributed by atoms with van der Waals surface area (Å²) in [5, 5.41) is 5.65. The summed E-state index contributed by atoms with van der Waals surface area (Å²) in [5.74, 6) is -0.303. The molecule has 1 aromatic heterocycles. The molecule has 7 nitrogen and oxygen atoms in total. The van der Waals surface area contributed by atoms with Gasteiger partial charge in [-0.3, -0.25) is 4.79 Å². The summed E-state index contributed by atoms with van der Waals surface area (Å²) in [7, 11) is -0.389. The van der Waals surface area contributed by atoms with Crippen molar-refractivity contribution >= 4 is 28.3 Å². The first-order valence-electron chi connectivity index (χ1n) is 6.49. The molecule has 21 heavy (non-hydrogen) atoms. The van der Waals surface area contributed by atoms with Crippen molar-refractivity contribution in [2.45, 2.75) is 17.9 Å². The molecule has 0 aliphatic carbocycles. The van der Waals surface area contributed by atoms with E-state index < -0.39 is 10.0 Å². The van der Waals surface area contributed by atoms with Crippen LogP contribution >= 0.6 is 12.4 Å². The van der Waals surface area contributed by atoms with Crippen molar-refractivity contribution < 1.29 is 13.2 Å². The fourth-order valence-corrected chi connectivity index (χ4v) is 4.05. The number of hydrogen-bond acceptors (Lipinski definition) is 4. The molecule has 2 rings (SSSR count). The summed E-state index contributed by atoms with van der Waals surface area (Å²) >= 11 is 0. The van der Waals surface area contributed by atoms with Gasteiger partial charge in [0, 0.05) is 46.0 Å². The summed E-state index contributed by atoms with van der Waals surface area (Å²) in [4.78, 5) is 11.8. The van der Waals surface area contributed by atoms with E-state index in [2.05, 4.69) is 10.6 Å². The van der Waals surface area contributed by atoms with Gasteiger partial charge in [-0.1, -0.05) is 0 Å². The highest BCUT2D eigenvalue weighted by Crippen LogP contribution is 2.21. The average Bonchev–Trinajstić information content (AvgIpc) is 2.81. The maximum atomic E-state index is 12.6. The van der Waals surface area contributed by atoms with Crippen molar-refractivity contribution in [2.75, 3.05) is 26.7 Å². The van der Waals surface area contributed by atoms with Crippen LogP contribution < -0.4 is 10.6 Å². The van der Waals surface area contributed by atoms with Crippen LogP contribution in [0.4, 0.5) is 0 Å². The van der Waals surface area contributed by atoms with Crippen molar-refractivity contribution in [3.8, 4) is 0 Å². The largest absolute Gasteiger partial charge is 0.354 e. The molecule has 9 heteroatoms. The van der Waals surface area contributed by atoms with Crippen LogP contribution in [0.25, 0.3) is 0 Å². The summed E-state index contributed by atoms with van der Waals surface area (Å²) in [6, 6.07) is 1.32. The summed E-state index contributed by atoms with van der Waals surface area (Å²) in [5.41, 5.74) is 0.328. The zero-order chi connectivity index (χ0) is 14.9. The number of nitrogens with zero attached hydrogens (tertiary/aromatic N) is 2. The molecule has 0 bridgehead atoms. The van der Waals surface area contributed by atoms with Gasteiger partial charge in [-0.2, -0.15) is 4.31 Å². The predicted molar refractivity (Wildman–Crippen MR) is 82.3 cm³/mol. The van der Waals surface area contributed by atoms with Crippen molar-refractivity contribution in [1.29, 1.82) is 0 Å². The van der Waals surface area contributed by atoms with Gasteiger partial charge in [0.1, 0.15) is 10.6 Å². The fourth-order valence-electron chi connectivity index (χ4n) is 2.34. The molecule has 0 spiro atoms. The lowest BCUT2D eigenvalue weighted by Gasteiger charge is -2.32. The van der Waals surface area contributed by atoms with Crippen LogP contribution in [-0.4, -0.2) is 55.9 Å². The van der Waals surface area contributed by atoms with Gasteiger partial charge in [0.15, 0.2) is 0 Å². The molecule has 2 N–H and O–H groups in total. The van der Waals surface area contributed by atoms with E-state index in [1.165, 1.54) is 28.2 Å². The Labute approximate surface area is 131 Å². The van der Waals surface area contributed by atoms with Crippen LogP contribution in [0, 0.1) is 0 Å². The van der Waals surface area contributed by atoms with Gasteiger partial charge < -0.3 is 15.2 Å². The molecule has 1 aromatic rings. The minimum absolute atomic E-state index is 0. The van der Waals surface area contributed by atoms with Gasteiger partial charge in [-0.25, -0.2) is 8.42 Å². The number of carbonyl (C=O) groups excluding carboxylic acids is 1. The minimum Gasteiger partial charge on any atom is -0.354 e. The minimum atomic E-state index is -3.56. The highest BCUT2D eigenvalue weighted by atomic mass is 35.5. The highest BCUT2D eigenvalue weighted by Gasteiger charge is 2.32. The van der Waals surface area contributed by atoms with E-state index in [0.717, 1.165) is 0 Å². The normalized spacial score (nSPS) is 19.9. The first-order chi connectivity index (χ1) is 9.37. The molecule has 0 saturated carbocycles. The van der Waals surface area contributed by atoms with Gasteiger partial charge in [-0.05, 0) is 13.0 Å². The van der Waals surface area contributed by atoms with E-state index in [-0.39, 0.29) is 29.3 Å². The second kappa shape index (κ2) is 6.78. The third-order valence-electron chi connectivity index (χ3n) is 3.49. The maximum absolute atomic E-state index is 12.6. The van der Waals surface area contributed by atoms with Gasteiger partial charge in [-0.15, -0.1) is 12.4 Å². The van der Waals surface area contributed by atoms with E-state index in [0.29, 0.717) is 25.3 Å². The predicted octanol–water partition coefficient (Wildman–Crippen LogP) is -0.211. The van der Waals surface area contributed by atoms with Crippen molar-refractivity contribution in [2.24, 2.45) is 7.05 Å². The Kier molecular flexibility index (Phi) is 5.80. The number of carbonyl (C=O) groups is 1. The molecule has 1 atom stereocenters. The number of aryl methyl sites for hydroxylation is 1. The van der Waals surface area contributed by atoms with Crippen LogP contribution in [0.5, 0.6) is 0 Å². The number of halogens is 1. The molecular weight excluding hydrogens is 316 g/mol. The Morgan fingerprint density at radius 1 is 1.48 bits per heavy atom. The lowest BCUT2D eigenvalue weighted by molar-refractivity contribution is 0.0955. The monoisotopic (exact) mass is 336 g/mol. The molecule has 1 fully saturated rings. The molecule has 0 aromatic carbocycles. The number of amides is 1. The molecule has 1 amide bonds. The number of piperazine rings is 1. The van der Waals surface area contributed by atoms with E-state index in [1.807, 2.05) is 6.92 Å². The molecule has 1 saturated heterocycles. The van der Waals surface area contributed by atoms with Gasteiger partial charge >= 0.3 is 0 Å². The van der Waals surface area contributed by atoms with Crippen LogP contribution in [0.2, 0.25) is 0 Å². The highest BCUT2D eigenvalue weighted by molar-refractivity contribution is 7.89. The van der Waals surface area contributed by atoms with Crippen LogP contribution in [0.15, 0.2) is 17.2 Å². The first kappa shape index (κ1) is 18.0. The molecule has 1 unspecified atom stereocenters. The SMILES string of the molecule is CNC(=O)c1cc(S(=O)(=O)N2CCNCC2C)cn1C.Cl. The smallest absolute Gasteiger partial charge is 0.267 e. The zero-order valence-electron chi connectivity index (χ0n) is 12.3. The summed E-state index contributed by atoms with van der Waals surface area (Å²) in [6.45, 7) is 3.58. The number of nitrogens with one attached hydrogen (secondary N) is 2. The molecule has 1 aliphatic rings. The van der Waals surface area contributed by atoms with Crippen molar-refractivity contribution in [3.05, 3.63) is 18.0 Å². The first-order valence-corrected chi connectivity index (χ1v) is 7.93. The second-order valence-electron chi connectivity index (χ2n) is 4.92. The molecule has 120 valence electrons. The second-order valence-corrected chi connectivity index (χ2v) is 6.81. The average molecular weight is 337 g/mol. The van der Waals surface area contributed by atoms with Gasteiger partial charge in [0.2, 0.25) is 10.0 Å². The van der Waals surface area contributed by atoms with Crippen LogP contribution in [0.1, 0.15) is 17.4 Å². The maximum Gasteiger partial charge on any atom is 0.267 e. The Morgan fingerprint density at radius 3 is 2.71 bits per heavy atom. The number of aromatic nitrogens is 1. The Hall–Kier alpha value is -1.09. The zero-order valence-corrected chi connectivity index (χ0v) is 13.9. The lowest BCUT2D eigenvalue weighted by atomic mass is 10.3. The van der Waals surface area contributed by atoms with Crippen molar-refractivity contribution in [3.63, 3.8) is 0 Å². The van der Waals surface area contributed by atoms with E-state index in [1.54, 1.807) is 7.05 Å². The third kappa shape index (κ3) is 3.39. The van der Waals surface area contributed by atoms with Crippen LogP contribution in [0.3, 0.4) is 0 Å². The quantitative estimate of drug-likeness (QED) is 0.800. The summed E-state index contributed by atoms with van der Waals surface area (Å²) < 4.78 is 28.3. The van der Waals surface area contributed by atoms with Crippen molar-refractivity contribution in [1.82, 2.24) is 19.5 Å². The third-order valence-corrected chi connectivity index (χ3v) is 5.47. The van der Waals surface area contributed by atoms with Gasteiger partial charge in [0.05, 0.1) is 0 Å². The molecular formula is C12H21ClN4O3S. The topological polar surface area (TPSA) is 83.4 Å². The number of sulfonamides is 1. The van der Waals surface area contributed by atoms with E-state index in [9.17, 15) is 13.2 Å². The number of rotatable bonds is 3. The van der Waals surface area contributed by atoms with E-state index >= 15 is 0 Å². The standard InChI is InChI=1S/C12H20N4O3S.ClH/c1-9-7-14-4-5-16(9)20(18,19)10-6-11(12(17)13-2)15(3)8-10;/h6,8-9,14H,4-5,7H2,1-3H3,(H,13,17);1H. The Balaban J connectivity index is 0.00000220. The molecule has 2 heterocycles. The summed E-state index contributed by atoms with van der Waals surface area (Å²) in [6.07, 6.45) is 1.48. The van der Waals surface area contributed by atoms with Gasteiger partial charge in [0.25, 0.3) is 5.91 Å². The molecule has 1 aliphatic heterocycles. The Bertz CT molecular complexity index is 614. The molecule has 0 radical (unpaired) electrons. The lowest BCUT2D eigenvalue weighted by Crippen LogP contribution is -2.52. The number of hydrogen-bond donors (Lipinski definition) is 2. The van der Waals surface area contributed by atoms with Crippen LogP contribution in [-0.2, 0) is 17.1 Å². The fraction of sp³-hybridized carbons (Fsp3) is 0.583.